The van der Waals surface area contributed by atoms with Crippen molar-refractivity contribution in [3.05, 3.63) is 51.8 Å². The van der Waals surface area contributed by atoms with Gasteiger partial charge in [-0.1, -0.05) is 0 Å². The van der Waals surface area contributed by atoms with Crippen molar-refractivity contribution in [2.75, 3.05) is 5.32 Å². The van der Waals surface area contributed by atoms with Gasteiger partial charge in [0.1, 0.15) is 11.4 Å². The summed E-state index contributed by atoms with van der Waals surface area (Å²) in [6, 6.07) is 5.75. The first-order valence-electron chi connectivity index (χ1n) is 5.80. The van der Waals surface area contributed by atoms with E-state index in [4.69, 9.17) is 0 Å². The van der Waals surface area contributed by atoms with Gasteiger partial charge in [-0.2, -0.15) is 0 Å². The minimum Gasteiger partial charge on any atom is -0.508 e. The van der Waals surface area contributed by atoms with Crippen molar-refractivity contribution in [3.8, 4) is 5.75 Å². The summed E-state index contributed by atoms with van der Waals surface area (Å²) in [6.45, 7) is 1.74. The third-order valence-corrected chi connectivity index (χ3v) is 2.89. The van der Waals surface area contributed by atoms with Gasteiger partial charge in [-0.25, -0.2) is 0 Å². The van der Waals surface area contributed by atoms with Crippen LogP contribution < -0.4 is 5.32 Å². The zero-order valence-corrected chi connectivity index (χ0v) is 11.0. The lowest BCUT2D eigenvalue weighted by molar-refractivity contribution is -0.384. The monoisotopic (exact) mass is 275 g/mol. The molecule has 2 aromatic rings. The van der Waals surface area contributed by atoms with E-state index in [1.807, 2.05) is 0 Å². The number of carbonyl (C=O) groups is 1. The Balaban J connectivity index is 2.26. The average molecular weight is 275 g/mol. The number of rotatable bonds is 3. The number of benzene rings is 1. The number of hydrogen-bond acceptors (Lipinski definition) is 4. The highest BCUT2D eigenvalue weighted by Crippen LogP contribution is 2.22. The zero-order chi connectivity index (χ0) is 14.9. The Kier molecular flexibility index (Phi) is 3.43. The number of aryl methyl sites for hydroxylation is 2. The smallest absolute Gasteiger partial charge is 0.287 e. The molecule has 0 spiro atoms. The molecule has 0 radical (unpaired) electrons. The standard InChI is InChI=1S/C13H13N3O4/c1-8-5-10(17)3-4-11(8)14-13(18)12-6-9(16(19)20)7-15(12)2/h3-7,17H,1-2H3,(H,14,18). The van der Waals surface area contributed by atoms with Gasteiger partial charge in [-0.15, -0.1) is 0 Å². The molecule has 20 heavy (non-hydrogen) atoms. The molecule has 0 fully saturated rings. The second-order valence-electron chi connectivity index (χ2n) is 4.40. The maximum atomic E-state index is 12.1. The first-order valence-corrected chi connectivity index (χ1v) is 5.80. The second kappa shape index (κ2) is 5.04. The molecule has 0 aliphatic heterocycles. The van der Waals surface area contributed by atoms with Gasteiger partial charge >= 0.3 is 0 Å². The molecule has 0 atom stereocenters. The number of nitro groups is 1. The Morgan fingerprint density at radius 1 is 1.40 bits per heavy atom. The summed E-state index contributed by atoms with van der Waals surface area (Å²) < 4.78 is 1.39. The molecule has 7 nitrogen and oxygen atoms in total. The van der Waals surface area contributed by atoms with E-state index in [1.165, 1.54) is 29.0 Å². The van der Waals surface area contributed by atoms with E-state index in [0.717, 1.165) is 0 Å². The van der Waals surface area contributed by atoms with Crippen molar-refractivity contribution in [1.29, 1.82) is 0 Å². The summed E-state index contributed by atoms with van der Waals surface area (Å²) in [5, 5.41) is 22.6. The highest BCUT2D eigenvalue weighted by molar-refractivity contribution is 6.04. The number of nitrogens with zero attached hydrogens (tertiary/aromatic N) is 2. The largest absolute Gasteiger partial charge is 0.508 e. The van der Waals surface area contributed by atoms with Gasteiger partial charge in [0, 0.05) is 18.8 Å². The normalized spacial score (nSPS) is 10.3. The summed E-state index contributed by atoms with van der Waals surface area (Å²) in [7, 11) is 1.56. The van der Waals surface area contributed by atoms with Gasteiger partial charge in [0.15, 0.2) is 0 Å². The third-order valence-electron chi connectivity index (χ3n) is 2.89. The van der Waals surface area contributed by atoms with E-state index in [0.29, 0.717) is 11.3 Å². The number of aromatic nitrogens is 1. The molecule has 0 bridgehead atoms. The predicted molar refractivity (Wildman–Crippen MR) is 72.9 cm³/mol. The maximum Gasteiger partial charge on any atom is 0.287 e. The van der Waals surface area contributed by atoms with Crippen LogP contribution in [0.5, 0.6) is 5.75 Å². The van der Waals surface area contributed by atoms with Crippen LogP contribution in [0.2, 0.25) is 0 Å². The Morgan fingerprint density at radius 2 is 2.10 bits per heavy atom. The lowest BCUT2D eigenvalue weighted by Crippen LogP contribution is -2.15. The van der Waals surface area contributed by atoms with Crippen molar-refractivity contribution in [2.45, 2.75) is 6.92 Å². The maximum absolute atomic E-state index is 12.1. The van der Waals surface area contributed by atoms with Crippen LogP contribution in [0, 0.1) is 17.0 Å². The first-order chi connectivity index (χ1) is 9.38. The van der Waals surface area contributed by atoms with Crippen LogP contribution in [-0.4, -0.2) is 20.5 Å². The number of hydrogen-bond donors (Lipinski definition) is 2. The molecule has 2 rings (SSSR count). The number of carbonyl (C=O) groups excluding carboxylic acids is 1. The summed E-state index contributed by atoms with van der Waals surface area (Å²) in [4.78, 5) is 22.2. The Morgan fingerprint density at radius 3 is 2.65 bits per heavy atom. The number of nitrogens with one attached hydrogen (secondary N) is 1. The van der Waals surface area contributed by atoms with Gasteiger partial charge in [-0.3, -0.25) is 14.9 Å². The number of anilines is 1. The van der Waals surface area contributed by atoms with Crippen molar-refractivity contribution in [3.63, 3.8) is 0 Å². The number of aromatic hydroxyl groups is 1. The second-order valence-corrected chi connectivity index (χ2v) is 4.40. The molecule has 1 amide bonds. The highest BCUT2D eigenvalue weighted by Gasteiger charge is 2.18. The van der Waals surface area contributed by atoms with Crippen LogP contribution in [0.1, 0.15) is 16.1 Å². The molecule has 7 heteroatoms. The van der Waals surface area contributed by atoms with Gasteiger partial charge in [0.05, 0.1) is 11.1 Å². The molecule has 0 aliphatic carbocycles. The number of phenolic OH excluding ortho intramolecular Hbond substituents is 1. The quantitative estimate of drug-likeness (QED) is 0.509. The fourth-order valence-corrected chi connectivity index (χ4v) is 1.85. The number of phenols is 1. The van der Waals surface area contributed by atoms with Crippen molar-refractivity contribution >= 4 is 17.3 Å². The summed E-state index contributed by atoms with van der Waals surface area (Å²) >= 11 is 0. The summed E-state index contributed by atoms with van der Waals surface area (Å²) in [6.07, 6.45) is 1.28. The molecule has 1 aromatic carbocycles. The van der Waals surface area contributed by atoms with Gasteiger partial charge in [-0.05, 0) is 30.7 Å². The van der Waals surface area contributed by atoms with Gasteiger partial charge < -0.3 is 15.0 Å². The Bertz CT molecular complexity index is 691. The summed E-state index contributed by atoms with van der Waals surface area (Å²) in [5.41, 5.74) is 1.28. The fraction of sp³-hybridized carbons (Fsp3) is 0.154. The zero-order valence-electron chi connectivity index (χ0n) is 11.0. The van der Waals surface area contributed by atoms with Crippen molar-refractivity contribution in [1.82, 2.24) is 4.57 Å². The first kappa shape index (κ1) is 13.6. The van der Waals surface area contributed by atoms with E-state index in [9.17, 15) is 20.0 Å². The third kappa shape index (κ3) is 2.61. The van der Waals surface area contributed by atoms with E-state index in [1.54, 1.807) is 20.0 Å². The van der Waals surface area contributed by atoms with E-state index in [-0.39, 0.29) is 17.1 Å². The Hall–Kier alpha value is -2.83. The minimum atomic E-state index is -0.553. The molecule has 1 aromatic heterocycles. The molecular formula is C13H13N3O4. The topological polar surface area (TPSA) is 97.4 Å². The number of amides is 1. The molecule has 0 unspecified atom stereocenters. The van der Waals surface area contributed by atoms with Crippen LogP contribution in [0.4, 0.5) is 11.4 Å². The molecule has 0 aliphatic rings. The molecular weight excluding hydrogens is 262 g/mol. The van der Waals surface area contributed by atoms with Crippen LogP contribution in [0.15, 0.2) is 30.5 Å². The minimum absolute atomic E-state index is 0.106. The molecule has 1 heterocycles. The molecule has 0 saturated heterocycles. The molecule has 104 valence electrons. The Labute approximate surface area is 114 Å². The van der Waals surface area contributed by atoms with E-state index in [2.05, 4.69) is 5.32 Å². The van der Waals surface area contributed by atoms with Crippen molar-refractivity contribution < 1.29 is 14.8 Å². The molecule has 0 saturated carbocycles. The lowest BCUT2D eigenvalue weighted by atomic mass is 10.2. The van der Waals surface area contributed by atoms with Crippen LogP contribution in [0.3, 0.4) is 0 Å². The van der Waals surface area contributed by atoms with Crippen LogP contribution >= 0.6 is 0 Å². The van der Waals surface area contributed by atoms with Gasteiger partial charge in [0.25, 0.3) is 11.6 Å². The summed E-state index contributed by atoms with van der Waals surface area (Å²) in [5.74, 6) is -0.343. The van der Waals surface area contributed by atoms with Crippen molar-refractivity contribution in [2.24, 2.45) is 7.05 Å². The highest BCUT2D eigenvalue weighted by atomic mass is 16.6. The van der Waals surface area contributed by atoms with Crippen LogP contribution in [-0.2, 0) is 7.05 Å². The molecule has 2 N–H and O–H groups in total. The SMILES string of the molecule is Cc1cc(O)ccc1NC(=O)c1cc([N+](=O)[O-])cn1C. The fourth-order valence-electron chi connectivity index (χ4n) is 1.85. The van der Waals surface area contributed by atoms with E-state index >= 15 is 0 Å². The van der Waals surface area contributed by atoms with Crippen LogP contribution in [0.25, 0.3) is 0 Å². The lowest BCUT2D eigenvalue weighted by Gasteiger charge is -2.08. The average Bonchev–Trinajstić information content (AvgIpc) is 2.75. The van der Waals surface area contributed by atoms with Gasteiger partial charge in [0.2, 0.25) is 0 Å². The van der Waals surface area contributed by atoms with E-state index < -0.39 is 10.8 Å². The predicted octanol–water partition coefficient (Wildman–Crippen LogP) is 2.20.